The smallest absolute Gasteiger partial charge is 0.376 e. The number of anilines is 1. The molecular weight excluding hydrogens is 343 g/mol. The van der Waals surface area contributed by atoms with Crippen LogP contribution in [0.25, 0.3) is 0 Å². The fraction of sp³-hybridized carbons (Fsp3) is 0.235. The molecule has 0 aliphatic heterocycles. The molecule has 0 aliphatic carbocycles. The lowest BCUT2D eigenvalue weighted by molar-refractivity contribution is -0.137. The van der Waals surface area contributed by atoms with Crippen LogP contribution in [0.15, 0.2) is 42.5 Å². The molecule has 134 valence electrons. The highest BCUT2D eigenvalue weighted by molar-refractivity contribution is 5.80. The molecule has 1 N–H and O–H groups in total. The molecular formula is C17H15F5N2O. The first-order valence-corrected chi connectivity index (χ1v) is 7.26. The zero-order chi connectivity index (χ0) is 18.6. The van der Waals surface area contributed by atoms with E-state index in [2.05, 4.69) is 5.32 Å². The van der Waals surface area contributed by atoms with E-state index in [1.54, 1.807) is 0 Å². The second-order valence-electron chi connectivity index (χ2n) is 5.43. The molecule has 2 aromatic carbocycles. The molecule has 0 fully saturated rings. The topological polar surface area (TPSA) is 32.3 Å². The van der Waals surface area contributed by atoms with E-state index in [4.69, 9.17) is 0 Å². The third-order valence-electron chi connectivity index (χ3n) is 3.46. The van der Waals surface area contributed by atoms with Crippen LogP contribution in [0.5, 0.6) is 0 Å². The van der Waals surface area contributed by atoms with Gasteiger partial charge in [0.2, 0.25) is 5.91 Å². The van der Waals surface area contributed by atoms with Gasteiger partial charge < -0.3 is 10.2 Å². The number of hydrogen-bond acceptors (Lipinski definition) is 2. The molecule has 3 nitrogen and oxygen atoms in total. The number of rotatable bonds is 5. The van der Waals surface area contributed by atoms with Gasteiger partial charge in [0.05, 0.1) is 12.1 Å². The Labute approximate surface area is 141 Å². The Kier molecular flexibility index (Phi) is 5.61. The summed E-state index contributed by atoms with van der Waals surface area (Å²) in [6.07, 6.45) is -4.47. The molecule has 8 heteroatoms. The summed E-state index contributed by atoms with van der Waals surface area (Å²) >= 11 is 0. The number of carbonyl (C=O) groups is 1. The maximum Gasteiger partial charge on any atom is 0.416 e. The average molecular weight is 358 g/mol. The number of amides is 1. The molecule has 2 aromatic rings. The Morgan fingerprint density at radius 1 is 1.08 bits per heavy atom. The summed E-state index contributed by atoms with van der Waals surface area (Å²) < 4.78 is 63.9. The van der Waals surface area contributed by atoms with Crippen molar-refractivity contribution in [2.45, 2.75) is 12.7 Å². The minimum atomic E-state index is -4.47. The van der Waals surface area contributed by atoms with Crippen LogP contribution in [0.2, 0.25) is 0 Å². The van der Waals surface area contributed by atoms with Gasteiger partial charge in [-0.2, -0.15) is 13.2 Å². The maximum absolute atomic E-state index is 13.2. The van der Waals surface area contributed by atoms with Gasteiger partial charge in [-0.25, -0.2) is 8.78 Å². The predicted octanol–water partition coefficient (Wildman–Crippen LogP) is 4.05. The minimum Gasteiger partial charge on any atom is -0.376 e. The van der Waals surface area contributed by atoms with Crippen LogP contribution >= 0.6 is 0 Å². The number of nitrogens with one attached hydrogen (secondary N) is 1. The Hall–Kier alpha value is -2.64. The number of alkyl halides is 3. The van der Waals surface area contributed by atoms with Crippen molar-refractivity contribution < 1.29 is 26.7 Å². The fourth-order valence-corrected chi connectivity index (χ4v) is 2.12. The number of hydrogen-bond donors (Lipinski definition) is 1. The number of carbonyl (C=O) groups excluding carboxylic acids is 1. The van der Waals surface area contributed by atoms with Crippen LogP contribution < -0.4 is 5.32 Å². The summed E-state index contributed by atoms with van der Waals surface area (Å²) in [4.78, 5) is 13.3. The fourth-order valence-electron chi connectivity index (χ4n) is 2.12. The Bertz CT molecular complexity index is 761. The van der Waals surface area contributed by atoms with Crippen molar-refractivity contribution in [2.75, 3.05) is 18.9 Å². The van der Waals surface area contributed by atoms with E-state index >= 15 is 0 Å². The predicted molar refractivity (Wildman–Crippen MR) is 82.8 cm³/mol. The Morgan fingerprint density at radius 2 is 1.80 bits per heavy atom. The van der Waals surface area contributed by atoms with Gasteiger partial charge in [-0.15, -0.1) is 0 Å². The van der Waals surface area contributed by atoms with Gasteiger partial charge in [-0.1, -0.05) is 12.1 Å². The molecule has 0 aliphatic rings. The van der Waals surface area contributed by atoms with Gasteiger partial charge in [0.1, 0.15) is 0 Å². The highest BCUT2D eigenvalue weighted by atomic mass is 19.4. The van der Waals surface area contributed by atoms with E-state index in [0.717, 1.165) is 24.3 Å². The van der Waals surface area contributed by atoms with Crippen LogP contribution in [0.3, 0.4) is 0 Å². The first kappa shape index (κ1) is 18.7. The largest absolute Gasteiger partial charge is 0.416 e. The van der Waals surface area contributed by atoms with Crippen molar-refractivity contribution in [2.24, 2.45) is 0 Å². The third kappa shape index (κ3) is 5.17. The summed E-state index contributed by atoms with van der Waals surface area (Å²) in [5.41, 5.74) is -0.265. The highest BCUT2D eigenvalue weighted by Gasteiger charge is 2.30. The molecule has 0 saturated heterocycles. The number of likely N-dealkylation sites (N-methyl/N-ethyl adjacent to an activating group) is 1. The maximum atomic E-state index is 13.2. The average Bonchev–Trinajstić information content (AvgIpc) is 2.55. The van der Waals surface area contributed by atoms with E-state index in [1.807, 2.05) is 0 Å². The SMILES string of the molecule is CN(Cc1ccc(F)c(F)c1)C(=O)CNc1cccc(C(F)(F)F)c1. The summed E-state index contributed by atoms with van der Waals surface area (Å²) in [6.45, 7) is -0.193. The molecule has 2 rings (SSSR count). The Morgan fingerprint density at radius 3 is 2.44 bits per heavy atom. The quantitative estimate of drug-likeness (QED) is 0.818. The van der Waals surface area contributed by atoms with E-state index in [1.165, 1.54) is 30.1 Å². The van der Waals surface area contributed by atoms with Crippen molar-refractivity contribution >= 4 is 11.6 Å². The second kappa shape index (κ2) is 7.50. The van der Waals surface area contributed by atoms with Gasteiger partial charge in [-0.3, -0.25) is 4.79 Å². The molecule has 0 atom stereocenters. The first-order valence-electron chi connectivity index (χ1n) is 7.26. The molecule has 0 spiro atoms. The second-order valence-corrected chi connectivity index (χ2v) is 5.43. The first-order chi connectivity index (χ1) is 11.7. The van der Waals surface area contributed by atoms with Crippen molar-refractivity contribution in [3.63, 3.8) is 0 Å². The van der Waals surface area contributed by atoms with Crippen molar-refractivity contribution in [3.8, 4) is 0 Å². The molecule has 0 unspecified atom stereocenters. The Balaban J connectivity index is 1.94. The van der Waals surface area contributed by atoms with Gasteiger partial charge >= 0.3 is 6.18 Å². The van der Waals surface area contributed by atoms with Crippen molar-refractivity contribution in [1.82, 2.24) is 4.90 Å². The van der Waals surface area contributed by atoms with Gasteiger partial charge in [0, 0.05) is 19.3 Å². The molecule has 0 radical (unpaired) electrons. The molecule has 0 aromatic heterocycles. The third-order valence-corrected chi connectivity index (χ3v) is 3.46. The van der Waals surface area contributed by atoms with Crippen LogP contribution in [0.1, 0.15) is 11.1 Å². The molecule has 0 heterocycles. The lowest BCUT2D eigenvalue weighted by Crippen LogP contribution is -2.31. The van der Waals surface area contributed by atoms with Crippen LogP contribution in [-0.2, 0) is 17.5 Å². The summed E-state index contributed by atoms with van der Waals surface area (Å²) in [7, 11) is 1.46. The number of benzene rings is 2. The van der Waals surface area contributed by atoms with E-state index in [0.29, 0.717) is 5.56 Å². The van der Waals surface area contributed by atoms with Crippen molar-refractivity contribution in [1.29, 1.82) is 0 Å². The zero-order valence-corrected chi connectivity index (χ0v) is 13.2. The number of nitrogens with zero attached hydrogens (tertiary/aromatic N) is 1. The highest BCUT2D eigenvalue weighted by Crippen LogP contribution is 2.30. The minimum absolute atomic E-state index is 0.0420. The summed E-state index contributed by atoms with van der Waals surface area (Å²) in [6, 6.07) is 7.79. The zero-order valence-electron chi connectivity index (χ0n) is 13.2. The van der Waals surface area contributed by atoms with Gasteiger partial charge in [-0.05, 0) is 35.9 Å². The van der Waals surface area contributed by atoms with E-state index in [-0.39, 0.29) is 18.8 Å². The van der Waals surface area contributed by atoms with E-state index in [9.17, 15) is 26.7 Å². The van der Waals surface area contributed by atoms with Gasteiger partial charge in [0.25, 0.3) is 0 Å². The standard InChI is InChI=1S/C17H15F5N2O/c1-24(10-11-5-6-14(18)15(19)7-11)16(25)9-23-13-4-2-3-12(8-13)17(20,21)22/h2-8,23H,9-10H2,1H3. The van der Waals surface area contributed by atoms with Crippen LogP contribution in [-0.4, -0.2) is 24.4 Å². The van der Waals surface area contributed by atoms with Crippen LogP contribution in [0, 0.1) is 11.6 Å². The lowest BCUT2D eigenvalue weighted by Gasteiger charge is -2.18. The molecule has 0 bridgehead atoms. The lowest BCUT2D eigenvalue weighted by atomic mass is 10.2. The van der Waals surface area contributed by atoms with Crippen LogP contribution in [0.4, 0.5) is 27.6 Å². The van der Waals surface area contributed by atoms with Crippen molar-refractivity contribution in [3.05, 3.63) is 65.2 Å². The summed E-state index contributed by atoms with van der Waals surface area (Å²) in [5, 5.41) is 2.62. The molecule has 25 heavy (non-hydrogen) atoms. The van der Waals surface area contributed by atoms with E-state index < -0.39 is 29.3 Å². The monoisotopic (exact) mass is 358 g/mol. The van der Waals surface area contributed by atoms with Gasteiger partial charge in [0.15, 0.2) is 11.6 Å². The summed E-state index contributed by atoms with van der Waals surface area (Å²) in [5.74, 6) is -2.41. The molecule has 0 saturated carbocycles. The number of halogens is 5. The molecule has 1 amide bonds. The normalized spacial score (nSPS) is 11.3.